The molecular formula is C31H64FGeN3Zr. The van der Waals surface area contributed by atoms with Crippen LogP contribution in [-0.2, 0) is 26.2 Å². The molecule has 1 aromatic carbocycles. The van der Waals surface area contributed by atoms with Crippen molar-refractivity contribution in [3.05, 3.63) is 40.2 Å². The van der Waals surface area contributed by atoms with Crippen molar-refractivity contribution < 1.29 is 29.7 Å². The van der Waals surface area contributed by atoms with Crippen molar-refractivity contribution in [3.63, 3.8) is 0 Å². The second-order valence-corrected chi connectivity index (χ2v) is 20.2. The summed E-state index contributed by atoms with van der Waals surface area (Å²) in [4.78, 5) is 0. The molecular weight excluding hydrogens is 597 g/mol. The Bertz CT molecular complexity index is 472. The molecule has 6 heteroatoms. The molecule has 218 valence electrons. The number of nitrogens with zero attached hydrogens (tertiary/aromatic N) is 3. The minimum atomic E-state index is -2.94. The predicted octanol–water partition coefficient (Wildman–Crippen LogP) is 9.80. The molecule has 37 heavy (non-hydrogen) atoms. The van der Waals surface area contributed by atoms with Gasteiger partial charge in [-0.2, -0.15) is 0 Å². The summed E-state index contributed by atoms with van der Waals surface area (Å²) in [6.45, 7) is 32.5. The van der Waals surface area contributed by atoms with Gasteiger partial charge in [0.2, 0.25) is 0 Å². The van der Waals surface area contributed by atoms with E-state index in [1.165, 1.54) is 0 Å². The maximum Gasteiger partial charge on any atom is 4.00 e. The maximum absolute atomic E-state index is 13.1. The second-order valence-electron chi connectivity index (χ2n) is 12.8. The van der Waals surface area contributed by atoms with Gasteiger partial charge >= 0.3 is 83.6 Å². The van der Waals surface area contributed by atoms with Crippen molar-refractivity contribution in [2.75, 3.05) is 39.3 Å². The van der Waals surface area contributed by atoms with Crippen LogP contribution in [0.2, 0.25) is 11.5 Å². The zero-order valence-corrected chi connectivity index (χ0v) is 31.8. The van der Waals surface area contributed by atoms with Crippen LogP contribution in [0.4, 0.5) is 3.50 Å². The SMILES string of the molecule is CC(C)C[N-]CC(C)C.CC(C)C[N-]CC(C)C.CC(C)C[N-]CC(C)C.[CH3][Ge]([CH3])([F])[c-]1cccc1.[Zr+4]. The van der Waals surface area contributed by atoms with Crippen LogP contribution in [0.1, 0.15) is 83.1 Å². The van der Waals surface area contributed by atoms with Crippen LogP contribution in [-0.4, -0.2) is 53.0 Å². The summed E-state index contributed by atoms with van der Waals surface area (Å²) in [5.74, 6) is 7.84. The van der Waals surface area contributed by atoms with Gasteiger partial charge in [-0.15, -0.1) is 39.3 Å². The van der Waals surface area contributed by atoms with Gasteiger partial charge in [0, 0.05) is 0 Å². The topological polar surface area (TPSA) is 42.3 Å². The van der Waals surface area contributed by atoms with E-state index < -0.39 is 13.7 Å². The second kappa shape index (κ2) is 28.1. The molecule has 0 heterocycles. The van der Waals surface area contributed by atoms with E-state index in [1.54, 1.807) is 11.5 Å². The third-order valence-corrected chi connectivity index (χ3v) is 7.89. The number of halogens is 1. The Labute approximate surface area is 256 Å². The molecule has 0 bridgehead atoms. The largest absolute Gasteiger partial charge is 4.00 e. The fraction of sp³-hybridized carbons (Fsp3) is 0.839. The summed E-state index contributed by atoms with van der Waals surface area (Å²) in [5, 5.41) is 13.1. The molecule has 0 unspecified atom stereocenters. The van der Waals surface area contributed by atoms with Gasteiger partial charge in [0.1, 0.15) is 0 Å². The van der Waals surface area contributed by atoms with Gasteiger partial charge in [0.05, 0.1) is 0 Å². The Morgan fingerprint density at radius 1 is 0.514 bits per heavy atom. The molecule has 0 aromatic heterocycles. The van der Waals surface area contributed by atoms with Crippen LogP contribution in [0, 0.1) is 35.5 Å². The molecule has 0 N–H and O–H groups in total. The first-order chi connectivity index (χ1) is 16.5. The van der Waals surface area contributed by atoms with E-state index in [0.717, 1.165) is 79.2 Å². The molecule has 3 nitrogen and oxygen atoms in total. The van der Waals surface area contributed by atoms with E-state index in [-0.39, 0.29) is 26.2 Å². The quantitative estimate of drug-likeness (QED) is 0.149. The van der Waals surface area contributed by atoms with Crippen molar-refractivity contribution >= 4 is 18.1 Å². The smallest absolute Gasteiger partial charge is 4.00 e. The van der Waals surface area contributed by atoms with Crippen LogP contribution in [0.25, 0.3) is 16.0 Å². The van der Waals surface area contributed by atoms with Crippen LogP contribution in [0.15, 0.2) is 24.3 Å². The van der Waals surface area contributed by atoms with E-state index in [2.05, 4.69) is 99.0 Å². The van der Waals surface area contributed by atoms with Gasteiger partial charge in [-0.3, -0.25) is 0 Å². The van der Waals surface area contributed by atoms with Crippen LogP contribution >= 0.6 is 0 Å². The standard InChI is InChI=1S/3C8H18N.C7H10FGe.Zr/c3*1-7(2)5-9-6-8(3)4;1-9(2,8)7-5-3-4-6-7;/h3*7-8H,5-6H2,1-4H3;3-6H,1-2H3;/q4*-1;+4. The molecule has 1 rings (SSSR count). The van der Waals surface area contributed by atoms with Crippen molar-refractivity contribution in [3.8, 4) is 0 Å². The average molecular weight is 662 g/mol. The Hall–Kier alpha value is 0.586. The normalized spacial score (nSPS) is 11.2. The fourth-order valence-corrected chi connectivity index (χ4v) is 4.61. The molecule has 0 amide bonds. The summed E-state index contributed by atoms with van der Waals surface area (Å²) in [6, 6.07) is 7.53. The van der Waals surface area contributed by atoms with Gasteiger partial charge in [-0.25, -0.2) is 0 Å². The molecule has 0 aliphatic carbocycles. The van der Waals surface area contributed by atoms with Crippen molar-refractivity contribution in [1.82, 2.24) is 0 Å². The number of rotatable bonds is 13. The van der Waals surface area contributed by atoms with E-state index in [9.17, 15) is 3.50 Å². The predicted molar refractivity (Wildman–Crippen MR) is 169 cm³/mol. The summed E-state index contributed by atoms with van der Waals surface area (Å²) >= 11 is -2.94. The van der Waals surface area contributed by atoms with Gasteiger partial charge in [0.15, 0.2) is 0 Å². The summed E-state index contributed by atoms with van der Waals surface area (Å²) in [7, 11) is 0. The van der Waals surface area contributed by atoms with Gasteiger partial charge in [-0.1, -0.05) is 119 Å². The Balaban J connectivity index is -0.000000194. The Kier molecular flexibility index (Phi) is 33.9. The summed E-state index contributed by atoms with van der Waals surface area (Å²) in [6.07, 6.45) is 0. The Morgan fingerprint density at radius 2 is 0.703 bits per heavy atom. The summed E-state index contributed by atoms with van der Waals surface area (Å²) < 4.78 is 14.1. The molecule has 0 radical (unpaired) electrons. The minimum Gasteiger partial charge on any atom is 4.00 e. The van der Waals surface area contributed by atoms with Gasteiger partial charge < -0.3 is 16.0 Å². The monoisotopic (exact) mass is 661 g/mol. The molecule has 0 spiro atoms. The average Bonchev–Trinajstić information content (AvgIpc) is 3.23. The number of hydrogen-bond acceptors (Lipinski definition) is 0. The van der Waals surface area contributed by atoms with Gasteiger partial charge in [0.25, 0.3) is 0 Å². The van der Waals surface area contributed by atoms with Crippen LogP contribution in [0.5, 0.6) is 0 Å². The van der Waals surface area contributed by atoms with Crippen LogP contribution in [0.3, 0.4) is 0 Å². The zero-order chi connectivity index (χ0) is 28.7. The summed E-state index contributed by atoms with van der Waals surface area (Å²) in [5.41, 5.74) is 0. The Morgan fingerprint density at radius 3 is 0.811 bits per heavy atom. The van der Waals surface area contributed by atoms with Crippen molar-refractivity contribution in [1.29, 1.82) is 0 Å². The first-order valence-electron chi connectivity index (χ1n) is 14.3. The third-order valence-electron chi connectivity index (χ3n) is 4.31. The van der Waals surface area contributed by atoms with E-state index in [0.29, 0.717) is 0 Å². The molecule has 1 aromatic rings. The molecule has 0 aliphatic heterocycles. The first-order valence-corrected chi connectivity index (χ1v) is 20.3. The first kappa shape index (κ1) is 44.6. The third kappa shape index (κ3) is 43.9. The van der Waals surface area contributed by atoms with Crippen molar-refractivity contribution in [2.24, 2.45) is 35.5 Å². The minimum absolute atomic E-state index is 0. The molecule has 0 saturated heterocycles. The zero-order valence-electron chi connectivity index (χ0n) is 27.2. The molecule has 0 atom stereocenters. The molecule has 0 aliphatic rings. The molecule has 0 saturated carbocycles. The number of hydrogen-bond donors (Lipinski definition) is 0. The van der Waals surface area contributed by atoms with Crippen molar-refractivity contribution in [2.45, 2.75) is 94.6 Å². The van der Waals surface area contributed by atoms with Gasteiger partial charge in [-0.05, 0) is 0 Å². The molecule has 0 fully saturated rings. The van der Waals surface area contributed by atoms with E-state index in [1.807, 2.05) is 24.3 Å². The van der Waals surface area contributed by atoms with E-state index in [4.69, 9.17) is 0 Å². The maximum atomic E-state index is 13.1. The fourth-order valence-electron chi connectivity index (χ4n) is 2.54. The van der Waals surface area contributed by atoms with E-state index >= 15 is 0 Å². The van der Waals surface area contributed by atoms with Crippen LogP contribution < -0.4 is 4.40 Å².